The van der Waals surface area contributed by atoms with Gasteiger partial charge in [-0.25, -0.2) is 4.39 Å². The summed E-state index contributed by atoms with van der Waals surface area (Å²) < 4.78 is 13.4. The maximum Gasteiger partial charge on any atom is 0.251 e. The van der Waals surface area contributed by atoms with Crippen LogP contribution in [0.15, 0.2) is 53.5 Å². The number of hydrogen-bond acceptors (Lipinski definition) is 2. The number of guanidine groups is 1. The molecule has 2 rings (SSSR count). The minimum atomic E-state index is -0.396. The zero-order valence-corrected chi connectivity index (χ0v) is 12.8. The maximum atomic E-state index is 13.4. The van der Waals surface area contributed by atoms with Crippen LogP contribution in [0.4, 0.5) is 10.1 Å². The summed E-state index contributed by atoms with van der Waals surface area (Å²) in [6.45, 7) is 2.28. The first-order valence-electron chi connectivity index (χ1n) is 7.22. The molecular formula is C17H19FN4O. The molecule has 120 valence electrons. The third kappa shape index (κ3) is 5.10. The van der Waals surface area contributed by atoms with Crippen molar-refractivity contribution in [3.63, 3.8) is 0 Å². The first-order chi connectivity index (χ1) is 11.1. The average Bonchev–Trinajstić information content (AvgIpc) is 2.55. The molecule has 0 fully saturated rings. The van der Waals surface area contributed by atoms with Gasteiger partial charge in [0.15, 0.2) is 5.96 Å². The molecule has 0 aliphatic rings. The van der Waals surface area contributed by atoms with Gasteiger partial charge in [0, 0.05) is 17.8 Å². The van der Waals surface area contributed by atoms with E-state index in [4.69, 9.17) is 5.73 Å². The number of halogens is 1. The smallest absolute Gasteiger partial charge is 0.251 e. The van der Waals surface area contributed by atoms with Crippen LogP contribution in [0.2, 0.25) is 0 Å². The van der Waals surface area contributed by atoms with Crippen molar-refractivity contribution in [3.05, 3.63) is 65.5 Å². The molecule has 0 saturated carbocycles. The normalized spacial score (nSPS) is 11.1. The fraction of sp³-hybridized carbons (Fsp3) is 0.176. The van der Waals surface area contributed by atoms with E-state index in [-0.39, 0.29) is 17.4 Å². The molecule has 6 heteroatoms. The number of hydrogen-bond donors (Lipinski definition) is 3. The number of aryl methyl sites for hydroxylation is 1. The number of carbonyl (C=O) groups excluding carboxylic acids is 1. The summed E-state index contributed by atoms with van der Waals surface area (Å²) in [6.07, 6.45) is 0. The van der Waals surface area contributed by atoms with E-state index < -0.39 is 5.82 Å². The number of rotatable bonds is 5. The van der Waals surface area contributed by atoms with E-state index in [1.54, 1.807) is 19.1 Å². The van der Waals surface area contributed by atoms with Gasteiger partial charge in [0.25, 0.3) is 5.91 Å². The summed E-state index contributed by atoms with van der Waals surface area (Å²) in [4.78, 5) is 16.0. The number of nitrogens with two attached hydrogens (primary N) is 1. The van der Waals surface area contributed by atoms with Crippen molar-refractivity contribution >= 4 is 17.6 Å². The van der Waals surface area contributed by atoms with Crippen LogP contribution >= 0.6 is 0 Å². The predicted molar refractivity (Wildman–Crippen MR) is 90.0 cm³/mol. The summed E-state index contributed by atoms with van der Waals surface area (Å²) in [5.74, 6) is -0.465. The van der Waals surface area contributed by atoms with E-state index in [1.165, 1.54) is 6.07 Å². The zero-order chi connectivity index (χ0) is 16.7. The predicted octanol–water partition coefficient (Wildman–Crippen LogP) is 2.29. The van der Waals surface area contributed by atoms with Gasteiger partial charge in [0.2, 0.25) is 0 Å². The Kier molecular flexibility index (Phi) is 5.68. The second-order valence-corrected chi connectivity index (χ2v) is 4.98. The number of nitrogens with one attached hydrogen (secondary N) is 2. The van der Waals surface area contributed by atoms with Crippen LogP contribution in [-0.4, -0.2) is 25.0 Å². The Hall–Kier alpha value is -2.89. The van der Waals surface area contributed by atoms with Crippen LogP contribution in [0.25, 0.3) is 0 Å². The lowest BCUT2D eigenvalue weighted by Gasteiger charge is -2.06. The Labute approximate surface area is 134 Å². The highest BCUT2D eigenvalue weighted by molar-refractivity contribution is 5.94. The second-order valence-electron chi connectivity index (χ2n) is 4.98. The summed E-state index contributed by atoms with van der Waals surface area (Å²) in [7, 11) is 0. The van der Waals surface area contributed by atoms with Gasteiger partial charge in [-0.2, -0.15) is 0 Å². The largest absolute Gasteiger partial charge is 0.370 e. The van der Waals surface area contributed by atoms with E-state index in [9.17, 15) is 9.18 Å². The summed E-state index contributed by atoms with van der Waals surface area (Å²) in [5.41, 5.74) is 7.38. The van der Waals surface area contributed by atoms with Gasteiger partial charge in [0.1, 0.15) is 5.82 Å². The molecule has 0 heterocycles. The molecule has 0 aliphatic carbocycles. The molecule has 2 aromatic rings. The van der Waals surface area contributed by atoms with Crippen molar-refractivity contribution in [2.75, 3.05) is 18.4 Å². The molecule has 0 unspecified atom stereocenters. The molecule has 23 heavy (non-hydrogen) atoms. The molecule has 5 nitrogen and oxygen atoms in total. The van der Waals surface area contributed by atoms with E-state index in [0.717, 1.165) is 5.69 Å². The Morgan fingerprint density at radius 3 is 2.65 bits per heavy atom. The minimum absolute atomic E-state index is 0.270. The van der Waals surface area contributed by atoms with Crippen molar-refractivity contribution in [2.24, 2.45) is 10.7 Å². The number of benzene rings is 2. The first-order valence-corrected chi connectivity index (χ1v) is 7.22. The molecule has 0 atom stereocenters. The molecule has 0 bridgehead atoms. The van der Waals surface area contributed by atoms with Crippen LogP contribution in [0.5, 0.6) is 0 Å². The Bertz CT molecular complexity index is 701. The molecule has 1 amide bonds. The third-order valence-electron chi connectivity index (χ3n) is 3.16. The lowest BCUT2D eigenvalue weighted by atomic mass is 10.1. The lowest BCUT2D eigenvalue weighted by molar-refractivity contribution is 0.0954. The lowest BCUT2D eigenvalue weighted by Crippen LogP contribution is -2.28. The number of anilines is 1. The fourth-order valence-corrected chi connectivity index (χ4v) is 1.89. The van der Waals surface area contributed by atoms with E-state index in [0.29, 0.717) is 18.7 Å². The van der Waals surface area contributed by atoms with Crippen LogP contribution < -0.4 is 16.4 Å². The van der Waals surface area contributed by atoms with Crippen LogP contribution in [-0.2, 0) is 0 Å². The van der Waals surface area contributed by atoms with Crippen molar-refractivity contribution in [1.82, 2.24) is 5.32 Å². The van der Waals surface area contributed by atoms with Crippen LogP contribution in [0, 0.1) is 12.7 Å². The van der Waals surface area contributed by atoms with E-state index >= 15 is 0 Å². The topological polar surface area (TPSA) is 79.5 Å². The van der Waals surface area contributed by atoms with Gasteiger partial charge < -0.3 is 16.4 Å². The van der Waals surface area contributed by atoms with Gasteiger partial charge in [0.05, 0.1) is 6.54 Å². The van der Waals surface area contributed by atoms with Gasteiger partial charge in [-0.15, -0.1) is 0 Å². The number of amides is 1. The molecule has 0 aliphatic heterocycles. The van der Waals surface area contributed by atoms with Gasteiger partial charge >= 0.3 is 0 Å². The number of carbonyl (C=O) groups is 1. The number of nitrogens with zero attached hydrogens (tertiary/aromatic N) is 1. The van der Waals surface area contributed by atoms with Gasteiger partial charge in [-0.05, 0) is 36.8 Å². The maximum absolute atomic E-state index is 13.4. The SMILES string of the molecule is Cc1ccc(C(=O)NCCN=C(N)Nc2ccccc2)cc1F. The van der Waals surface area contributed by atoms with Crippen molar-refractivity contribution < 1.29 is 9.18 Å². The highest BCUT2D eigenvalue weighted by Crippen LogP contribution is 2.08. The fourth-order valence-electron chi connectivity index (χ4n) is 1.89. The summed E-state index contributed by atoms with van der Waals surface area (Å²) in [6, 6.07) is 13.8. The molecule has 0 radical (unpaired) electrons. The molecular weight excluding hydrogens is 295 g/mol. The van der Waals surface area contributed by atoms with Crippen LogP contribution in [0.3, 0.4) is 0 Å². The van der Waals surface area contributed by atoms with Crippen LogP contribution in [0.1, 0.15) is 15.9 Å². The minimum Gasteiger partial charge on any atom is -0.370 e. The molecule has 0 spiro atoms. The molecule has 2 aromatic carbocycles. The Morgan fingerprint density at radius 1 is 1.22 bits per heavy atom. The monoisotopic (exact) mass is 314 g/mol. The van der Waals surface area contributed by atoms with Crippen molar-refractivity contribution in [2.45, 2.75) is 6.92 Å². The number of aliphatic imine (C=N–C) groups is 1. The van der Waals surface area contributed by atoms with Crippen molar-refractivity contribution in [1.29, 1.82) is 0 Å². The average molecular weight is 314 g/mol. The molecule has 0 aromatic heterocycles. The van der Waals surface area contributed by atoms with Crippen molar-refractivity contribution in [3.8, 4) is 0 Å². The van der Waals surface area contributed by atoms with E-state index in [2.05, 4.69) is 15.6 Å². The highest BCUT2D eigenvalue weighted by Gasteiger charge is 2.07. The standard InChI is InChI=1S/C17H19FN4O/c1-12-7-8-13(11-15(12)18)16(23)20-9-10-21-17(19)22-14-5-3-2-4-6-14/h2-8,11H,9-10H2,1H3,(H,20,23)(H3,19,21,22). The Balaban J connectivity index is 1.79. The number of para-hydroxylation sites is 1. The zero-order valence-electron chi connectivity index (χ0n) is 12.8. The Morgan fingerprint density at radius 2 is 1.96 bits per heavy atom. The molecule has 4 N–H and O–H groups in total. The summed E-state index contributed by atoms with van der Waals surface area (Å²) >= 11 is 0. The highest BCUT2D eigenvalue weighted by atomic mass is 19.1. The second kappa shape index (κ2) is 7.93. The molecule has 0 saturated heterocycles. The summed E-state index contributed by atoms with van der Waals surface area (Å²) in [5, 5.41) is 5.61. The first kappa shape index (κ1) is 16.5. The third-order valence-corrected chi connectivity index (χ3v) is 3.16. The van der Waals surface area contributed by atoms with Gasteiger partial charge in [-0.1, -0.05) is 24.3 Å². The van der Waals surface area contributed by atoms with E-state index in [1.807, 2.05) is 30.3 Å². The quantitative estimate of drug-likeness (QED) is 0.450. The van der Waals surface area contributed by atoms with Gasteiger partial charge in [-0.3, -0.25) is 9.79 Å².